The highest BCUT2D eigenvalue weighted by Gasteiger charge is 2.39. The molecule has 0 aromatic heterocycles. The molecule has 5 nitrogen and oxygen atoms in total. The molecule has 2 aliphatic rings. The molecule has 0 radical (unpaired) electrons. The van der Waals surface area contributed by atoms with E-state index in [9.17, 15) is 9.59 Å². The number of hydrogen-bond acceptors (Lipinski definition) is 3. The van der Waals surface area contributed by atoms with Gasteiger partial charge in [-0.2, -0.15) is 0 Å². The number of rotatable bonds is 4. The maximum absolute atomic E-state index is 12.3. The van der Waals surface area contributed by atoms with Crippen LogP contribution in [-0.4, -0.2) is 58.5 Å². The van der Waals surface area contributed by atoms with Gasteiger partial charge in [-0.15, -0.1) is 11.6 Å². The van der Waals surface area contributed by atoms with Crippen molar-refractivity contribution in [2.75, 3.05) is 19.0 Å². The van der Waals surface area contributed by atoms with Gasteiger partial charge in [-0.3, -0.25) is 4.79 Å². The van der Waals surface area contributed by atoms with Gasteiger partial charge in [-0.05, 0) is 46.5 Å². The minimum Gasteiger partial charge on any atom is -0.444 e. The third kappa shape index (κ3) is 4.50. The van der Waals surface area contributed by atoms with Crippen LogP contribution in [0.15, 0.2) is 0 Å². The van der Waals surface area contributed by atoms with E-state index < -0.39 is 5.60 Å². The van der Waals surface area contributed by atoms with Crippen molar-refractivity contribution in [2.24, 2.45) is 0 Å². The summed E-state index contributed by atoms with van der Waals surface area (Å²) in [7, 11) is 0. The minimum atomic E-state index is -0.494. The van der Waals surface area contributed by atoms with Crippen LogP contribution < -0.4 is 0 Å². The first-order valence-electron chi connectivity index (χ1n) is 7.67. The molecule has 1 atom stereocenters. The quantitative estimate of drug-likeness (QED) is 0.749. The molecule has 1 heterocycles. The highest BCUT2D eigenvalue weighted by molar-refractivity contribution is 6.27. The molecule has 0 aromatic carbocycles. The standard InChI is InChI=1S/C15H25ClN2O3/c1-15(2,3)21-14(20)18(11-6-7-11)10-12-5-4-8-17(12)13(19)9-16/h11-12H,4-10H2,1-3H3/t12-/m1/s1. The Balaban J connectivity index is 1.99. The van der Waals surface area contributed by atoms with Crippen molar-refractivity contribution >= 4 is 23.6 Å². The second-order valence-electron chi connectivity index (χ2n) is 6.88. The average Bonchev–Trinajstić information content (AvgIpc) is 3.11. The summed E-state index contributed by atoms with van der Waals surface area (Å²) < 4.78 is 5.49. The number of ether oxygens (including phenoxy) is 1. The number of amides is 2. The Morgan fingerprint density at radius 2 is 1.95 bits per heavy atom. The molecule has 0 aromatic rings. The fourth-order valence-corrected chi connectivity index (χ4v) is 2.89. The average molecular weight is 317 g/mol. The fourth-order valence-electron chi connectivity index (χ4n) is 2.74. The predicted molar refractivity (Wildman–Crippen MR) is 81.4 cm³/mol. The van der Waals surface area contributed by atoms with Crippen LogP contribution in [0.4, 0.5) is 4.79 Å². The lowest BCUT2D eigenvalue weighted by atomic mass is 10.2. The van der Waals surface area contributed by atoms with Gasteiger partial charge in [-0.25, -0.2) is 4.79 Å². The van der Waals surface area contributed by atoms with Gasteiger partial charge in [-0.1, -0.05) is 0 Å². The van der Waals surface area contributed by atoms with Crippen molar-refractivity contribution in [1.82, 2.24) is 9.80 Å². The van der Waals surface area contributed by atoms with Crippen molar-refractivity contribution in [1.29, 1.82) is 0 Å². The lowest BCUT2D eigenvalue weighted by Gasteiger charge is -2.32. The van der Waals surface area contributed by atoms with Gasteiger partial charge in [0.25, 0.3) is 0 Å². The summed E-state index contributed by atoms with van der Waals surface area (Å²) in [6.45, 7) is 6.91. The topological polar surface area (TPSA) is 49.9 Å². The Hall–Kier alpha value is -0.970. The maximum Gasteiger partial charge on any atom is 0.410 e. The summed E-state index contributed by atoms with van der Waals surface area (Å²) >= 11 is 5.66. The van der Waals surface area contributed by atoms with E-state index in [0.717, 1.165) is 32.2 Å². The largest absolute Gasteiger partial charge is 0.444 e. The van der Waals surface area contributed by atoms with Crippen molar-refractivity contribution < 1.29 is 14.3 Å². The molecule has 6 heteroatoms. The highest BCUT2D eigenvalue weighted by Crippen LogP contribution is 2.30. The Morgan fingerprint density at radius 3 is 2.48 bits per heavy atom. The first kappa shape index (κ1) is 16.4. The summed E-state index contributed by atoms with van der Waals surface area (Å²) in [5.41, 5.74) is -0.494. The fraction of sp³-hybridized carbons (Fsp3) is 0.867. The molecule has 0 spiro atoms. The molecule has 21 heavy (non-hydrogen) atoms. The molecular weight excluding hydrogens is 292 g/mol. The van der Waals surface area contributed by atoms with E-state index in [2.05, 4.69) is 0 Å². The molecule has 120 valence electrons. The van der Waals surface area contributed by atoms with Gasteiger partial charge in [0.05, 0.1) is 0 Å². The van der Waals surface area contributed by atoms with E-state index in [4.69, 9.17) is 16.3 Å². The number of alkyl halides is 1. The normalized spacial score (nSPS) is 22.3. The van der Waals surface area contributed by atoms with Crippen molar-refractivity contribution in [2.45, 2.75) is 64.1 Å². The predicted octanol–water partition coefficient (Wildman–Crippen LogP) is 2.62. The first-order valence-corrected chi connectivity index (χ1v) is 8.20. The van der Waals surface area contributed by atoms with Gasteiger partial charge < -0.3 is 14.5 Å². The Morgan fingerprint density at radius 1 is 1.29 bits per heavy atom. The van der Waals surface area contributed by atoms with E-state index in [-0.39, 0.29) is 30.0 Å². The first-order chi connectivity index (χ1) is 9.81. The smallest absolute Gasteiger partial charge is 0.410 e. The highest BCUT2D eigenvalue weighted by atomic mass is 35.5. The van der Waals surface area contributed by atoms with Crippen LogP contribution in [0.2, 0.25) is 0 Å². The van der Waals surface area contributed by atoms with Crippen molar-refractivity contribution in [3.8, 4) is 0 Å². The third-order valence-electron chi connectivity index (χ3n) is 3.83. The molecule has 0 bridgehead atoms. The van der Waals surface area contributed by atoms with E-state index in [1.54, 1.807) is 4.90 Å². The zero-order valence-corrected chi connectivity index (χ0v) is 13.9. The molecule has 2 fully saturated rings. The van der Waals surface area contributed by atoms with Crippen LogP contribution >= 0.6 is 11.6 Å². The van der Waals surface area contributed by atoms with Crippen LogP contribution in [-0.2, 0) is 9.53 Å². The van der Waals surface area contributed by atoms with Crippen LogP contribution in [0, 0.1) is 0 Å². The summed E-state index contributed by atoms with van der Waals surface area (Å²) in [6, 6.07) is 0.345. The zero-order chi connectivity index (χ0) is 15.6. The maximum atomic E-state index is 12.3. The second kappa shape index (κ2) is 6.42. The second-order valence-corrected chi connectivity index (χ2v) is 7.15. The Bertz CT molecular complexity index is 404. The minimum absolute atomic E-state index is 0.00632. The summed E-state index contributed by atoms with van der Waals surface area (Å²) in [5.74, 6) is -0.0362. The van der Waals surface area contributed by atoms with Gasteiger partial charge in [0.2, 0.25) is 5.91 Å². The Kier molecular flexibility index (Phi) is 5.02. The summed E-state index contributed by atoms with van der Waals surface area (Å²) in [5, 5.41) is 0. The number of carbonyl (C=O) groups excluding carboxylic acids is 2. The van der Waals surface area contributed by atoms with Crippen LogP contribution in [0.1, 0.15) is 46.5 Å². The van der Waals surface area contributed by atoms with Gasteiger partial charge in [0.1, 0.15) is 11.5 Å². The van der Waals surface area contributed by atoms with Crippen LogP contribution in [0.3, 0.4) is 0 Å². The molecule has 2 amide bonds. The van der Waals surface area contributed by atoms with E-state index in [1.807, 2.05) is 25.7 Å². The van der Waals surface area contributed by atoms with E-state index >= 15 is 0 Å². The molecule has 0 unspecified atom stereocenters. The van der Waals surface area contributed by atoms with Crippen LogP contribution in [0.25, 0.3) is 0 Å². The van der Waals surface area contributed by atoms with Gasteiger partial charge >= 0.3 is 6.09 Å². The van der Waals surface area contributed by atoms with Gasteiger partial charge in [0.15, 0.2) is 0 Å². The molecule has 1 aliphatic heterocycles. The number of nitrogens with zero attached hydrogens (tertiary/aromatic N) is 2. The lowest BCUT2D eigenvalue weighted by Crippen LogP contribution is -2.47. The van der Waals surface area contributed by atoms with E-state index in [0.29, 0.717) is 6.54 Å². The Labute approximate surface area is 131 Å². The summed E-state index contributed by atoms with van der Waals surface area (Å²) in [4.78, 5) is 27.8. The number of carbonyl (C=O) groups is 2. The summed E-state index contributed by atoms with van der Waals surface area (Å²) in [6.07, 6.45) is 3.68. The third-order valence-corrected chi connectivity index (χ3v) is 4.06. The molecule has 1 saturated carbocycles. The molecule has 1 saturated heterocycles. The number of halogens is 1. The zero-order valence-electron chi connectivity index (χ0n) is 13.1. The van der Waals surface area contributed by atoms with Crippen molar-refractivity contribution in [3.05, 3.63) is 0 Å². The molecule has 2 rings (SSSR count). The van der Waals surface area contributed by atoms with Crippen LogP contribution in [0.5, 0.6) is 0 Å². The number of hydrogen-bond donors (Lipinski definition) is 0. The lowest BCUT2D eigenvalue weighted by molar-refractivity contribution is -0.129. The van der Waals surface area contributed by atoms with E-state index in [1.165, 1.54) is 0 Å². The molecular formula is C15H25ClN2O3. The molecule has 0 N–H and O–H groups in total. The SMILES string of the molecule is CC(C)(C)OC(=O)N(C[C@H]1CCCN1C(=O)CCl)C1CC1. The number of likely N-dealkylation sites (tertiary alicyclic amines) is 1. The van der Waals surface area contributed by atoms with Crippen molar-refractivity contribution in [3.63, 3.8) is 0 Å². The molecule has 1 aliphatic carbocycles. The van der Waals surface area contributed by atoms with Gasteiger partial charge in [0, 0.05) is 25.2 Å². The monoisotopic (exact) mass is 316 g/mol.